The van der Waals surface area contributed by atoms with Crippen molar-refractivity contribution < 1.29 is 10.0 Å². The van der Waals surface area contributed by atoms with Crippen LogP contribution in [0.3, 0.4) is 0 Å². The first-order valence-electron chi connectivity index (χ1n) is 5.94. The molecule has 110 valence electrons. The van der Waals surface area contributed by atoms with Crippen molar-refractivity contribution in [1.29, 1.82) is 0 Å². The highest BCUT2D eigenvalue weighted by molar-refractivity contribution is 6.39. The van der Waals surface area contributed by atoms with Gasteiger partial charge >= 0.3 is 0 Å². The van der Waals surface area contributed by atoms with Gasteiger partial charge in [0.2, 0.25) is 0 Å². The fourth-order valence-corrected chi connectivity index (χ4v) is 2.35. The van der Waals surface area contributed by atoms with Crippen LogP contribution in [0.1, 0.15) is 11.7 Å². The molecule has 0 saturated heterocycles. The molecule has 0 aliphatic carbocycles. The lowest BCUT2D eigenvalue weighted by molar-refractivity contribution is -0.384. The lowest BCUT2D eigenvalue weighted by atomic mass is 10.1. The molecule has 0 radical (unpaired) electrons. The smallest absolute Gasteiger partial charge is 0.272 e. The molecule has 0 unspecified atom stereocenters. The number of anilines is 1. The summed E-state index contributed by atoms with van der Waals surface area (Å²) in [5.41, 5.74) is 0.842. The molecular weight excluding hydrogens is 317 g/mol. The average molecular weight is 328 g/mol. The third kappa shape index (κ3) is 3.81. The number of nitro groups is 1. The van der Waals surface area contributed by atoms with Crippen LogP contribution < -0.4 is 5.32 Å². The first kappa shape index (κ1) is 15.5. The van der Waals surface area contributed by atoms with E-state index in [2.05, 4.69) is 10.3 Å². The monoisotopic (exact) mass is 327 g/mol. The van der Waals surface area contributed by atoms with Crippen LogP contribution in [-0.4, -0.2) is 21.6 Å². The number of aliphatic hydroxyl groups excluding tert-OH is 1. The third-order valence-corrected chi connectivity index (χ3v) is 3.40. The molecule has 0 saturated carbocycles. The Hall–Kier alpha value is -1.89. The molecule has 0 bridgehead atoms. The number of aliphatic hydroxyl groups is 1. The molecule has 2 rings (SSSR count). The average Bonchev–Trinajstić information content (AvgIpc) is 2.46. The summed E-state index contributed by atoms with van der Waals surface area (Å²) in [5, 5.41) is 23.8. The van der Waals surface area contributed by atoms with Crippen LogP contribution in [0.2, 0.25) is 10.0 Å². The van der Waals surface area contributed by atoms with E-state index in [1.165, 1.54) is 12.1 Å². The summed E-state index contributed by atoms with van der Waals surface area (Å²) in [6, 6.07) is 5.78. The number of pyridine rings is 1. The number of rotatable bonds is 5. The molecule has 0 aliphatic heterocycles. The van der Waals surface area contributed by atoms with E-state index in [0.717, 1.165) is 0 Å². The second-order valence-corrected chi connectivity index (χ2v) is 5.03. The number of nitro benzene ring substituents is 1. The predicted octanol–water partition coefficient (Wildman–Crippen LogP) is 3.44. The Balaban J connectivity index is 2.12. The molecule has 0 aliphatic rings. The zero-order valence-electron chi connectivity index (χ0n) is 10.7. The normalized spacial score (nSPS) is 12.0. The van der Waals surface area contributed by atoms with Crippen LogP contribution in [0, 0.1) is 10.1 Å². The maximum atomic E-state index is 10.7. The van der Waals surface area contributed by atoms with Gasteiger partial charge in [-0.3, -0.25) is 15.1 Å². The number of nitrogens with zero attached hydrogens (tertiary/aromatic N) is 2. The molecule has 1 aromatic carbocycles. The van der Waals surface area contributed by atoms with Gasteiger partial charge in [-0.15, -0.1) is 0 Å². The standard InChI is InChI=1S/C13H11Cl2N3O3/c14-10-5-9(18(20)21)6-11(15)13(10)17-7-12(19)8-1-3-16-4-2-8/h1-6,12,17,19H,7H2/t12-/m1/s1. The van der Waals surface area contributed by atoms with Crippen LogP contribution >= 0.6 is 23.2 Å². The minimum absolute atomic E-state index is 0.121. The lowest BCUT2D eigenvalue weighted by Gasteiger charge is -2.15. The molecule has 21 heavy (non-hydrogen) atoms. The largest absolute Gasteiger partial charge is 0.387 e. The summed E-state index contributed by atoms with van der Waals surface area (Å²) >= 11 is 11.9. The predicted molar refractivity (Wildman–Crippen MR) is 80.8 cm³/mol. The van der Waals surface area contributed by atoms with Crippen molar-refractivity contribution in [3.05, 3.63) is 62.4 Å². The van der Waals surface area contributed by atoms with Crippen molar-refractivity contribution in [1.82, 2.24) is 4.98 Å². The molecule has 6 nitrogen and oxygen atoms in total. The number of halogens is 2. The fraction of sp³-hybridized carbons (Fsp3) is 0.154. The molecule has 2 aromatic rings. The zero-order chi connectivity index (χ0) is 15.4. The van der Waals surface area contributed by atoms with Crippen LogP contribution in [-0.2, 0) is 0 Å². The molecule has 8 heteroatoms. The first-order valence-corrected chi connectivity index (χ1v) is 6.70. The molecule has 1 atom stereocenters. The highest BCUT2D eigenvalue weighted by atomic mass is 35.5. The maximum Gasteiger partial charge on any atom is 0.272 e. The van der Waals surface area contributed by atoms with Gasteiger partial charge in [0.15, 0.2) is 0 Å². The topological polar surface area (TPSA) is 88.3 Å². The van der Waals surface area contributed by atoms with Crippen LogP contribution in [0.15, 0.2) is 36.7 Å². The molecule has 1 heterocycles. The molecule has 1 aromatic heterocycles. The third-order valence-electron chi connectivity index (χ3n) is 2.80. The molecule has 0 spiro atoms. The Morgan fingerprint density at radius 1 is 1.29 bits per heavy atom. The van der Waals surface area contributed by atoms with Gasteiger partial charge in [0.25, 0.3) is 5.69 Å². The van der Waals surface area contributed by atoms with Gasteiger partial charge in [-0.2, -0.15) is 0 Å². The van der Waals surface area contributed by atoms with E-state index in [1.807, 2.05) is 0 Å². The summed E-state index contributed by atoms with van der Waals surface area (Å²) in [5.74, 6) is 0. The summed E-state index contributed by atoms with van der Waals surface area (Å²) in [6.07, 6.45) is 2.37. The quantitative estimate of drug-likeness (QED) is 0.648. The molecule has 0 fully saturated rings. The van der Waals surface area contributed by atoms with Crippen molar-refractivity contribution in [2.75, 3.05) is 11.9 Å². The van der Waals surface area contributed by atoms with Gasteiger partial charge in [0.05, 0.1) is 26.8 Å². The Kier molecular flexibility index (Phi) is 4.95. The first-order chi connectivity index (χ1) is 9.99. The van der Waals surface area contributed by atoms with E-state index < -0.39 is 11.0 Å². The molecule has 2 N–H and O–H groups in total. The van der Waals surface area contributed by atoms with Crippen LogP contribution in [0.25, 0.3) is 0 Å². The van der Waals surface area contributed by atoms with Gasteiger partial charge in [-0.05, 0) is 17.7 Å². The number of benzene rings is 1. The van der Waals surface area contributed by atoms with Crippen molar-refractivity contribution in [2.24, 2.45) is 0 Å². The summed E-state index contributed by atoms with van der Waals surface area (Å²) in [4.78, 5) is 14.0. The van der Waals surface area contributed by atoms with Gasteiger partial charge in [0, 0.05) is 31.1 Å². The SMILES string of the molecule is O=[N+]([O-])c1cc(Cl)c(NC[C@@H](O)c2ccncc2)c(Cl)c1. The minimum atomic E-state index is -0.782. The zero-order valence-corrected chi connectivity index (χ0v) is 12.2. The second-order valence-electron chi connectivity index (χ2n) is 4.22. The summed E-state index contributed by atoms with van der Waals surface area (Å²) in [6.45, 7) is 0.154. The van der Waals surface area contributed by atoms with Crippen molar-refractivity contribution >= 4 is 34.6 Å². The Morgan fingerprint density at radius 2 is 1.86 bits per heavy atom. The Morgan fingerprint density at radius 3 is 2.38 bits per heavy atom. The highest BCUT2D eigenvalue weighted by Gasteiger charge is 2.15. The maximum absolute atomic E-state index is 10.7. The van der Waals surface area contributed by atoms with Gasteiger partial charge in [0.1, 0.15) is 0 Å². The Labute approximate surface area is 130 Å². The second kappa shape index (κ2) is 6.71. The van der Waals surface area contributed by atoms with Crippen LogP contribution in [0.5, 0.6) is 0 Å². The summed E-state index contributed by atoms with van der Waals surface area (Å²) in [7, 11) is 0. The minimum Gasteiger partial charge on any atom is -0.387 e. The van der Waals surface area contributed by atoms with Gasteiger partial charge < -0.3 is 10.4 Å². The van der Waals surface area contributed by atoms with E-state index in [4.69, 9.17) is 23.2 Å². The number of nitrogens with one attached hydrogen (secondary N) is 1. The molecule has 0 amide bonds. The van der Waals surface area contributed by atoms with E-state index >= 15 is 0 Å². The fourth-order valence-electron chi connectivity index (χ4n) is 1.74. The van der Waals surface area contributed by atoms with Crippen LogP contribution in [0.4, 0.5) is 11.4 Å². The van der Waals surface area contributed by atoms with Gasteiger partial charge in [-0.25, -0.2) is 0 Å². The number of aromatic nitrogens is 1. The van der Waals surface area contributed by atoms with E-state index in [9.17, 15) is 15.2 Å². The van der Waals surface area contributed by atoms with E-state index in [0.29, 0.717) is 11.3 Å². The van der Waals surface area contributed by atoms with Gasteiger partial charge in [-0.1, -0.05) is 23.2 Å². The lowest BCUT2D eigenvalue weighted by Crippen LogP contribution is -2.12. The highest BCUT2D eigenvalue weighted by Crippen LogP contribution is 2.34. The number of non-ortho nitro benzene ring substituents is 1. The number of hydrogen-bond donors (Lipinski definition) is 2. The van der Waals surface area contributed by atoms with Crippen molar-refractivity contribution in [2.45, 2.75) is 6.10 Å². The summed E-state index contributed by atoms with van der Waals surface area (Å²) < 4.78 is 0. The molecular formula is C13H11Cl2N3O3. The van der Waals surface area contributed by atoms with Crippen molar-refractivity contribution in [3.63, 3.8) is 0 Å². The Bertz CT molecular complexity index is 629. The van der Waals surface area contributed by atoms with Crippen molar-refractivity contribution in [3.8, 4) is 0 Å². The van der Waals surface area contributed by atoms with E-state index in [1.54, 1.807) is 24.5 Å². The van der Waals surface area contributed by atoms with E-state index in [-0.39, 0.29) is 22.3 Å². The number of hydrogen-bond acceptors (Lipinski definition) is 5.